The van der Waals surface area contributed by atoms with Crippen LogP contribution < -0.4 is 5.73 Å². The molecule has 0 bridgehead atoms. The van der Waals surface area contributed by atoms with Gasteiger partial charge in [0.15, 0.2) is 0 Å². The Morgan fingerprint density at radius 3 is 2.72 bits per heavy atom. The Kier molecular flexibility index (Phi) is 2.87. The molecular weight excluding hydrogens is 246 g/mol. The molecule has 0 amide bonds. The molecule has 0 saturated carbocycles. The maximum atomic E-state index is 5.57. The number of nitrogens with zero attached hydrogens (tertiary/aromatic N) is 4. The zero-order valence-corrected chi connectivity index (χ0v) is 10.3. The molecule has 0 aliphatic rings. The molecule has 0 aliphatic carbocycles. The number of hydrogen-bond acceptors (Lipinski definition) is 5. The van der Waals surface area contributed by atoms with E-state index in [0.717, 1.165) is 21.3 Å². The second-order valence-electron chi connectivity index (χ2n) is 3.69. The van der Waals surface area contributed by atoms with Gasteiger partial charge in [0.05, 0.1) is 11.9 Å². The van der Waals surface area contributed by atoms with Crippen LogP contribution in [0, 0.1) is 0 Å². The van der Waals surface area contributed by atoms with Gasteiger partial charge < -0.3 is 5.73 Å². The van der Waals surface area contributed by atoms with Gasteiger partial charge in [-0.05, 0) is 12.1 Å². The summed E-state index contributed by atoms with van der Waals surface area (Å²) < 4.78 is 0. The largest absolute Gasteiger partial charge is 0.326 e. The Labute approximate surface area is 108 Å². The van der Waals surface area contributed by atoms with Crippen LogP contribution in [-0.2, 0) is 6.54 Å². The minimum absolute atomic E-state index is 0.504. The van der Waals surface area contributed by atoms with Crippen molar-refractivity contribution in [3.8, 4) is 16.4 Å². The van der Waals surface area contributed by atoms with Crippen molar-refractivity contribution in [1.29, 1.82) is 0 Å². The number of benzene rings is 1. The second-order valence-corrected chi connectivity index (χ2v) is 4.81. The van der Waals surface area contributed by atoms with Crippen LogP contribution in [0.3, 0.4) is 0 Å². The Bertz CT molecular complexity index is 643. The fourth-order valence-corrected chi connectivity index (χ4v) is 2.31. The molecule has 2 heterocycles. The van der Waals surface area contributed by atoms with Gasteiger partial charge in [0.25, 0.3) is 0 Å². The van der Waals surface area contributed by atoms with Crippen molar-refractivity contribution in [2.75, 3.05) is 0 Å². The van der Waals surface area contributed by atoms with Gasteiger partial charge >= 0.3 is 0 Å². The van der Waals surface area contributed by atoms with Crippen molar-refractivity contribution in [3.05, 3.63) is 47.6 Å². The zero-order valence-electron chi connectivity index (χ0n) is 9.52. The van der Waals surface area contributed by atoms with E-state index in [2.05, 4.69) is 15.2 Å². The molecule has 1 aromatic carbocycles. The van der Waals surface area contributed by atoms with Crippen LogP contribution in [0.2, 0.25) is 0 Å². The molecule has 2 N–H and O–H groups in total. The minimum atomic E-state index is 0.504. The lowest BCUT2D eigenvalue weighted by atomic mass is 10.3. The van der Waals surface area contributed by atoms with Gasteiger partial charge in [0, 0.05) is 17.6 Å². The lowest BCUT2D eigenvalue weighted by Gasteiger charge is -1.96. The van der Waals surface area contributed by atoms with Gasteiger partial charge in [-0.25, -0.2) is 4.98 Å². The predicted molar refractivity (Wildman–Crippen MR) is 70.4 cm³/mol. The van der Waals surface area contributed by atoms with E-state index in [9.17, 15) is 0 Å². The molecule has 2 aromatic heterocycles. The number of nitrogens with two attached hydrogens (primary N) is 1. The number of rotatable bonds is 3. The van der Waals surface area contributed by atoms with E-state index in [0.29, 0.717) is 6.54 Å². The normalized spacial score (nSPS) is 10.7. The summed E-state index contributed by atoms with van der Waals surface area (Å²) in [6, 6.07) is 9.78. The summed E-state index contributed by atoms with van der Waals surface area (Å²) in [7, 11) is 0. The van der Waals surface area contributed by atoms with Gasteiger partial charge in [-0.3, -0.25) is 0 Å². The van der Waals surface area contributed by atoms with E-state index in [-0.39, 0.29) is 0 Å². The van der Waals surface area contributed by atoms with E-state index >= 15 is 0 Å². The predicted octanol–water partition coefficient (Wildman–Crippen LogP) is 1.85. The smallest absolute Gasteiger partial charge is 0.145 e. The molecule has 0 spiro atoms. The molecule has 0 saturated heterocycles. The molecular formula is C12H11N5S. The summed E-state index contributed by atoms with van der Waals surface area (Å²) in [6.45, 7) is 0.504. The highest BCUT2D eigenvalue weighted by Crippen LogP contribution is 2.22. The first-order chi connectivity index (χ1) is 8.86. The van der Waals surface area contributed by atoms with Crippen molar-refractivity contribution >= 4 is 11.3 Å². The van der Waals surface area contributed by atoms with Crippen molar-refractivity contribution in [1.82, 2.24) is 20.0 Å². The van der Waals surface area contributed by atoms with Crippen molar-refractivity contribution < 1.29 is 0 Å². The molecule has 0 fully saturated rings. The maximum absolute atomic E-state index is 5.57. The lowest BCUT2D eigenvalue weighted by Crippen LogP contribution is -1.97. The van der Waals surface area contributed by atoms with Gasteiger partial charge in [-0.15, -0.1) is 16.4 Å². The van der Waals surface area contributed by atoms with Gasteiger partial charge in [0.2, 0.25) is 0 Å². The van der Waals surface area contributed by atoms with Gasteiger partial charge in [-0.2, -0.15) is 9.90 Å². The molecule has 90 valence electrons. The van der Waals surface area contributed by atoms with Crippen molar-refractivity contribution in [3.63, 3.8) is 0 Å². The van der Waals surface area contributed by atoms with E-state index in [4.69, 9.17) is 5.73 Å². The molecule has 5 nitrogen and oxygen atoms in total. The highest BCUT2D eigenvalue weighted by Gasteiger charge is 2.09. The molecule has 0 unspecified atom stereocenters. The quantitative estimate of drug-likeness (QED) is 0.777. The lowest BCUT2D eigenvalue weighted by molar-refractivity contribution is 0.753. The van der Waals surface area contributed by atoms with Crippen molar-refractivity contribution in [2.24, 2.45) is 5.73 Å². The summed E-state index contributed by atoms with van der Waals surface area (Å²) in [4.78, 5) is 6.92. The summed E-state index contributed by atoms with van der Waals surface area (Å²) in [5, 5.41) is 9.49. The highest BCUT2D eigenvalue weighted by molar-refractivity contribution is 7.14. The summed E-state index contributed by atoms with van der Waals surface area (Å²) >= 11 is 1.54. The van der Waals surface area contributed by atoms with Crippen LogP contribution in [0.5, 0.6) is 0 Å². The monoisotopic (exact) mass is 257 g/mol. The Morgan fingerprint density at radius 2 is 2.00 bits per heavy atom. The molecule has 3 rings (SSSR count). The second kappa shape index (κ2) is 4.67. The third-order valence-electron chi connectivity index (χ3n) is 2.45. The molecule has 0 aliphatic heterocycles. The first kappa shape index (κ1) is 11.1. The molecule has 18 heavy (non-hydrogen) atoms. The standard InChI is InChI=1S/C12H11N5S/c13-6-10-7-14-12(18-10)11-8-15-17(16-11)9-4-2-1-3-5-9/h1-5,7-8H,6,13H2. The number of hydrogen-bond donors (Lipinski definition) is 1. The number of para-hydroxylation sites is 1. The average Bonchev–Trinajstić information content (AvgIpc) is 3.08. The highest BCUT2D eigenvalue weighted by atomic mass is 32.1. The topological polar surface area (TPSA) is 69.6 Å². The third-order valence-corrected chi connectivity index (χ3v) is 3.50. The molecule has 6 heteroatoms. The molecule has 0 radical (unpaired) electrons. The summed E-state index contributed by atoms with van der Waals surface area (Å²) in [5.41, 5.74) is 7.26. The molecule has 3 aromatic rings. The van der Waals surface area contributed by atoms with Crippen LogP contribution in [0.25, 0.3) is 16.4 Å². The van der Waals surface area contributed by atoms with Crippen LogP contribution in [0.1, 0.15) is 4.88 Å². The first-order valence-corrected chi connectivity index (χ1v) is 6.31. The van der Waals surface area contributed by atoms with Crippen molar-refractivity contribution in [2.45, 2.75) is 6.54 Å². The Hall–Kier alpha value is -2.05. The fourth-order valence-electron chi connectivity index (χ4n) is 1.57. The Morgan fingerprint density at radius 1 is 1.17 bits per heavy atom. The van der Waals surface area contributed by atoms with E-state index < -0.39 is 0 Å². The SMILES string of the molecule is NCc1cnc(-c2cnn(-c3ccccc3)n2)s1. The fraction of sp³-hybridized carbons (Fsp3) is 0.0833. The van der Waals surface area contributed by atoms with Gasteiger partial charge in [0.1, 0.15) is 10.7 Å². The summed E-state index contributed by atoms with van der Waals surface area (Å²) in [6.07, 6.45) is 3.49. The number of thiazole rings is 1. The van der Waals surface area contributed by atoms with Crippen LogP contribution in [0.15, 0.2) is 42.7 Å². The maximum Gasteiger partial charge on any atom is 0.145 e. The third kappa shape index (κ3) is 2.03. The van der Waals surface area contributed by atoms with Crippen LogP contribution in [-0.4, -0.2) is 20.0 Å². The zero-order chi connectivity index (χ0) is 12.4. The van der Waals surface area contributed by atoms with Crippen LogP contribution >= 0.6 is 11.3 Å². The van der Waals surface area contributed by atoms with Gasteiger partial charge in [-0.1, -0.05) is 18.2 Å². The molecule has 0 atom stereocenters. The summed E-state index contributed by atoms with van der Waals surface area (Å²) in [5.74, 6) is 0. The van der Waals surface area contributed by atoms with Crippen LogP contribution in [0.4, 0.5) is 0 Å². The Balaban J connectivity index is 1.94. The average molecular weight is 257 g/mol. The first-order valence-electron chi connectivity index (χ1n) is 5.50. The van der Waals surface area contributed by atoms with E-state index in [1.165, 1.54) is 0 Å². The number of aromatic nitrogens is 4. The minimum Gasteiger partial charge on any atom is -0.326 e. The van der Waals surface area contributed by atoms with E-state index in [1.807, 2.05) is 30.3 Å². The van der Waals surface area contributed by atoms with E-state index in [1.54, 1.807) is 28.5 Å².